The molecule has 0 bridgehead atoms. The SMILES string of the molecule is CC(O)(CO)CNc1cc(NN)nc(N)n1. The van der Waals surface area contributed by atoms with Crippen LogP contribution in [-0.2, 0) is 0 Å². The lowest BCUT2D eigenvalue weighted by molar-refractivity contribution is 0.0132. The maximum Gasteiger partial charge on any atom is 0.223 e. The zero-order chi connectivity index (χ0) is 12.2. The third kappa shape index (κ3) is 3.50. The van der Waals surface area contributed by atoms with Gasteiger partial charge in [-0.05, 0) is 6.92 Å². The van der Waals surface area contributed by atoms with Crippen LogP contribution in [0.3, 0.4) is 0 Å². The molecular weight excluding hydrogens is 212 g/mol. The molecule has 0 aromatic carbocycles. The molecule has 8 nitrogen and oxygen atoms in total. The largest absolute Gasteiger partial charge is 0.393 e. The van der Waals surface area contributed by atoms with Gasteiger partial charge in [0.15, 0.2) is 0 Å². The lowest BCUT2D eigenvalue weighted by Crippen LogP contribution is -2.37. The number of nitrogens with two attached hydrogens (primary N) is 2. The highest BCUT2D eigenvalue weighted by molar-refractivity contribution is 5.50. The second-order valence-electron chi connectivity index (χ2n) is 3.65. The molecule has 90 valence electrons. The number of hydrogen-bond acceptors (Lipinski definition) is 8. The standard InChI is InChI=1S/C8H16N6O2/c1-8(16,4-15)3-11-5-2-6(14-10)13-7(9)12-5/h2,15-16H,3-4,10H2,1H3,(H4,9,11,12,13,14). The van der Waals surface area contributed by atoms with Gasteiger partial charge in [-0.25, -0.2) is 5.84 Å². The van der Waals surface area contributed by atoms with Crippen LogP contribution in [0.25, 0.3) is 0 Å². The Kier molecular flexibility index (Phi) is 3.82. The molecule has 8 N–H and O–H groups in total. The second-order valence-corrected chi connectivity index (χ2v) is 3.65. The number of hydrazine groups is 1. The van der Waals surface area contributed by atoms with E-state index in [4.69, 9.17) is 16.7 Å². The van der Waals surface area contributed by atoms with E-state index in [0.717, 1.165) is 0 Å². The molecule has 1 rings (SSSR count). The first-order valence-corrected chi connectivity index (χ1v) is 4.65. The van der Waals surface area contributed by atoms with Crippen molar-refractivity contribution in [2.24, 2.45) is 5.84 Å². The molecule has 16 heavy (non-hydrogen) atoms. The van der Waals surface area contributed by atoms with Gasteiger partial charge in [-0.2, -0.15) is 9.97 Å². The molecule has 0 aliphatic heterocycles. The lowest BCUT2D eigenvalue weighted by Gasteiger charge is -2.21. The first kappa shape index (κ1) is 12.4. The Morgan fingerprint density at radius 3 is 2.62 bits per heavy atom. The molecule has 0 fully saturated rings. The fourth-order valence-corrected chi connectivity index (χ4v) is 0.967. The summed E-state index contributed by atoms with van der Waals surface area (Å²) in [6.07, 6.45) is 0. The number of aliphatic hydroxyl groups is 2. The Labute approximate surface area is 92.7 Å². The zero-order valence-electron chi connectivity index (χ0n) is 8.94. The highest BCUT2D eigenvalue weighted by Gasteiger charge is 2.18. The van der Waals surface area contributed by atoms with Crippen LogP contribution in [0.4, 0.5) is 17.6 Å². The van der Waals surface area contributed by atoms with Crippen LogP contribution in [0, 0.1) is 0 Å². The van der Waals surface area contributed by atoms with Crippen LogP contribution >= 0.6 is 0 Å². The minimum Gasteiger partial charge on any atom is -0.393 e. The molecule has 0 saturated heterocycles. The van der Waals surface area contributed by atoms with Gasteiger partial charge in [0.2, 0.25) is 5.95 Å². The second kappa shape index (κ2) is 4.92. The Bertz CT molecular complexity index is 356. The van der Waals surface area contributed by atoms with E-state index in [1.54, 1.807) is 0 Å². The number of rotatable bonds is 5. The van der Waals surface area contributed by atoms with E-state index in [-0.39, 0.29) is 19.1 Å². The summed E-state index contributed by atoms with van der Waals surface area (Å²) in [7, 11) is 0. The van der Waals surface area contributed by atoms with E-state index in [2.05, 4.69) is 20.7 Å². The first-order chi connectivity index (χ1) is 7.46. The van der Waals surface area contributed by atoms with E-state index in [1.807, 2.05) is 0 Å². The summed E-state index contributed by atoms with van der Waals surface area (Å²) in [5, 5.41) is 21.2. The van der Waals surface area contributed by atoms with E-state index in [0.29, 0.717) is 11.6 Å². The van der Waals surface area contributed by atoms with Crippen LogP contribution in [-0.4, -0.2) is 38.9 Å². The maximum atomic E-state index is 9.55. The predicted octanol–water partition coefficient (Wildman–Crippen LogP) is -1.50. The fraction of sp³-hybridized carbons (Fsp3) is 0.500. The van der Waals surface area contributed by atoms with Crippen molar-refractivity contribution in [2.45, 2.75) is 12.5 Å². The summed E-state index contributed by atoms with van der Waals surface area (Å²) >= 11 is 0. The molecule has 0 amide bonds. The molecule has 1 atom stereocenters. The third-order valence-electron chi connectivity index (χ3n) is 1.88. The van der Waals surface area contributed by atoms with Crippen LogP contribution in [0.5, 0.6) is 0 Å². The van der Waals surface area contributed by atoms with Crippen LogP contribution in [0.15, 0.2) is 6.07 Å². The van der Waals surface area contributed by atoms with Gasteiger partial charge in [0.05, 0.1) is 6.61 Å². The molecule has 1 aromatic rings. The summed E-state index contributed by atoms with van der Waals surface area (Å²) in [6, 6.07) is 1.53. The van der Waals surface area contributed by atoms with Crippen molar-refractivity contribution in [1.82, 2.24) is 9.97 Å². The molecule has 0 saturated carbocycles. The van der Waals surface area contributed by atoms with E-state index < -0.39 is 5.60 Å². The highest BCUT2D eigenvalue weighted by Crippen LogP contribution is 2.12. The number of nitrogens with zero attached hydrogens (tertiary/aromatic N) is 2. The monoisotopic (exact) mass is 228 g/mol. The van der Waals surface area contributed by atoms with Gasteiger partial charge in [-0.1, -0.05) is 0 Å². The molecular formula is C8H16N6O2. The Morgan fingerprint density at radius 1 is 1.44 bits per heavy atom. The zero-order valence-corrected chi connectivity index (χ0v) is 8.94. The summed E-state index contributed by atoms with van der Waals surface area (Å²) in [4.78, 5) is 7.68. The molecule has 1 aromatic heterocycles. The highest BCUT2D eigenvalue weighted by atomic mass is 16.3. The fourth-order valence-electron chi connectivity index (χ4n) is 0.967. The van der Waals surface area contributed by atoms with Crippen LogP contribution in [0.2, 0.25) is 0 Å². The average Bonchev–Trinajstić information content (AvgIpc) is 2.26. The van der Waals surface area contributed by atoms with Crippen molar-refractivity contribution in [3.8, 4) is 0 Å². The molecule has 0 radical (unpaired) electrons. The molecule has 1 heterocycles. The van der Waals surface area contributed by atoms with Crippen molar-refractivity contribution in [1.29, 1.82) is 0 Å². The Balaban J connectivity index is 2.70. The van der Waals surface area contributed by atoms with Crippen molar-refractivity contribution in [2.75, 3.05) is 29.6 Å². The summed E-state index contributed by atoms with van der Waals surface area (Å²) < 4.78 is 0. The quantitative estimate of drug-likeness (QED) is 0.264. The van der Waals surface area contributed by atoms with Crippen LogP contribution in [0.1, 0.15) is 6.92 Å². The van der Waals surface area contributed by atoms with Gasteiger partial charge >= 0.3 is 0 Å². The summed E-state index contributed by atoms with van der Waals surface area (Å²) in [5.74, 6) is 6.01. The molecule has 0 aliphatic rings. The Morgan fingerprint density at radius 2 is 2.06 bits per heavy atom. The summed E-state index contributed by atoms with van der Waals surface area (Å²) in [5.41, 5.74) is 6.55. The van der Waals surface area contributed by atoms with Crippen molar-refractivity contribution in [3.05, 3.63) is 6.07 Å². The minimum absolute atomic E-state index is 0.0570. The molecule has 1 unspecified atom stereocenters. The van der Waals surface area contributed by atoms with Gasteiger partial charge in [0.1, 0.15) is 17.2 Å². The number of hydrogen-bond donors (Lipinski definition) is 6. The van der Waals surface area contributed by atoms with E-state index in [1.165, 1.54) is 13.0 Å². The molecule has 8 heteroatoms. The van der Waals surface area contributed by atoms with Crippen LogP contribution < -0.4 is 22.3 Å². The minimum atomic E-state index is -1.23. The van der Waals surface area contributed by atoms with Gasteiger partial charge < -0.3 is 26.7 Å². The Hall–Kier alpha value is -1.64. The summed E-state index contributed by atoms with van der Waals surface area (Å²) in [6.45, 7) is 1.26. The predicted molar refractivity (Wildman–Crippen MR) is 60.5 cm³/mol. The first-order valence-electron chi connectivity index (χ1n) is 4.65. The van der Waals surface area contributed by atoms with Crippen molar-refractivity contribution in [3.63, 3.8) is 0 Å². The topological polar surface area (TPSA) is 142 Å². The number of aromatic nitrogens is 2. The molecule has 0 aliphatic carbocycles. The van der Waals surface area contributed by atoms with Crippen molar-refractivity contribution >= 4 is 17.6 Å². The van der Waals surface area contributed by atoms with Gasteiger partial charge in [0.25, 0.3) is 0 Å². The van der Waals surface area contributed by atoms with E-state index in [9.17, 15) is 5.11 Å². The van der Waals surface area contributed by atoms with Crippen molar-refractivity contribution < 1.29 is 10.2 Å². The lowest BCUT2D eigenvalue weighted by atomic mass is 10.1. The number of nitrogen functional groups attached to an aromatic ring is 2. The smallest absolute Gasteiger partial charge is 0.223 e. The number of nitrogens with one attached hydrogen (secondary N) is 2. The van der Waals surface area contributed by atoms with Gasteiger partial charge in [0, 0.05) is 12.6 Å². The van der Waals surface area contributed by atoms with Gasteiger partial charge in [-0.3, -0.25) is 0 Å². The normalized spacial score (nSPS) is 14.2. The molecule has 0 spiro atoms. The maximum absolute atomic E-state index is 9.55. The van der Waals surface area contributed by atoms with Gasteiger partial charge in [-0.15, -0.1) is 0 Å². The average molecular weight is 228 g/mol. The van der Waals surface area contributed by atoms with E-state index >= 15 is 0 Å². The number of anilines is 3. The number of aliphatic hydroxyl groups excluding tert-OH is 1. The third-order valence-corrected chi connectivity index (χ3v) is 1.88.